The van der Waals surface area contributed by atoms with E-state index in [4.69, 9.17) is 9.47 Å². The monoisotopic (exact) mass is 452 g/mol. The second-order valence-corrected chi connectivity index (χ2v) is 8.63. The molecule has 174 valence electrons. The lowest BCUT2D eigenvalue weighted by Gasteiger charge is -2.27. The molecule has 1 aliphatic heterocycles. The second kappa shape index (κ2) is 9.62. The van der Waals surface area contributed by atoms with E-state index in [-0.39, 0.29) is 38.1 Å². The minimum atomic E-state index is -0.984. The quantitative estimate of drug-likeness (QED) is 0.669. The summed E-state index contributed by atoms with van der Waals surface area (Å²) >= 11 is 0. The van der Waals surface area contributed by atoms with Crippen molar-refractivity contribution in [3.63, 3.8) is 0 Å². The van der Waals surface area contributed by atoms with Crippen molar-refractivity contribution >= 4 is 18.0 Å². The van der Waals surface area contributed by atoms with Gasteiger partial charge in [0.15, 0.2) is 0 Å². The first-order valence-corrected chi connectivity index (χ1v) is 11.0. The van der Waals surface area contributed by atoms with Gasteiger partial charge in [0.25, 0.3) is 0 Å². The van der Waals surface area contributed by atoms with E-state index in [1.165, 1.54) is 4.90 Å². The molecule has 2 amide bonds. The number of alkyl carbamates (subject to hydrolysis) is 1. The summed E-state index contributed by atoms with van der Waals surface area (Å²) in [5.41, 5.74) is 4.56. The van der Waals surface area contributed by atoms with Crippen LogP contribution >= 0.6 is 0 Å². The van der Waals surface area contributed by atoms with Gasteiger partial charge in [-0.3, -0.25) is 9.59 Å². The predicted octanol–water partition coefficient (Wildman–Crippen LogP) is 2.86. The third kappa shape index (κ3) is 4.71. The average Bonchev–Trinajstić information content (AvgIpc) is 3.40. The summed E-state index contributed by atoms with van der Waals surface area (Å²) in [6, 6.07) is 15.2. The number of hydrogen-bond donors (Lipinski definition) is 2. The average molecular weight is 453 g/mol. The minimum Gasteiger partial charge on any atom is -0.481 e. The fourth-order valence-corrected chi connectivity index (χ4v) is 4.64. The van der Waals surface area contributed by atoms with Crippen LogP contribution in [0.15, 0.2) is 48.5 Å². The molecule has 3 atom stereocenters. The lowest BCUT2D eigenvalue weighted by atomic mass is 9.98. The van der Waals surface area contributed by atoms with Gasteiger partial charge in [-0.1, -0.05) is 48.5 Å². The number of amides is 2. The third-order valence-corrected chi connectivity index (χ3v) is 6.45. The SMILES string of the molecule is C[C@H](CC(=O)N(C)C1COCC1C(=O)O)NC(=O)OCC1c2ccccc2-c2ccccc21. The van der Waals surface area contributed by atoms with Gasteiger partial charge in [-0.15, -0.1) is 0 Å². The van der Waals surface area contributed by atoms with Crippen LogP contribution in [-0.4, -0.2) is 66.9 Å². The number of fused-ring (bicyclic) bond motifs is 3. The highest BCUT2D eigenvalue weighted by Gasteiger charge is 2.38. The van der Waals surface area contributed by atoms with Crippen LogP contribution in [0.2, 0.25) is 0 Å². The molecule has 0 aromatic heterocycles. The van der Waals surface area contributed by atoms with Crippen molar-refractivity contribution in [1.29, 1.82) is 0 Å². The summed E-state index contributed by atoms with van der Waals surface area (Å²) in [5.74, 6) is -2.03. The number of likely N-dealkylation sites (N-methyl/N-ethyl adjacent to an activating group) is 1. The summed E-state index contributed by atoms with van der Waals surface area (Å²) in [5, 5.41) is 12.0. The van der Waals surface area contributed by atoms with Crippen molar-refractivity contribution in [2.45, 2.75) is 31.3 Å². The highest BCUT2D eigenvalue weighted by Crippen LogP contribution is 2.44. The standard InChI is InChI=1S/C25H28N2O6/c1-15(11-23(28)27(2)22-14-32-12-21(22)24(29)30)26-25(31)33-13-20-18-9-5-3-7-16(18)17-8-4-6-10-19(17)20/h3-10,15,20-22H,11-14H2,1-2H3,(H,26,31)(H,29,30)/t15-,21?,22?/m1/s1. The smallest absolute Gasteiger partial charge is 0.407 e. The molecule has 33 heavy (non-hydrogen) atoms. The Morgan fingerprint density at radius 1 is 1.09 bits per heavy atom. The largest absolute Gasteiger partial charge is 0.481 e. The summed E-state index contributed by atoms with van der Waals surface area (Å²) in [7, 11) is 1.57. The molecule has 0 radical (unpaired) electrons. The van der Waals surface area contributed by atoms with Crippen LogP contribution in [0.1, 0.15) is 30.4 Å². The maximum atomic E-state index is 12.6. The van der Waals surface area contributed by atoms with Gasteiger partial charge < -0.3 is 24.8 Å². The van der Waals surface area contributed by atoms with E-state index in [9.17, 15) is 19.5 Å². The van der Waals surface area contributed by atoms with Gasteiger partial charge >= 0.3 is 12.1 Å². The van der Waals surface area contributed by atoms with E-state index in [0.29, 0.717) is 0 Å². The number of rotatable bonds is 7. The van der Waals surface area contributed by atoms with Crippen LogP contribution in [0.4, 0.5) is 4.79 Å². The zero-order valence-electron chi connectivity index (χ0n) is 18.7. The van der Waals surface area contributed by atoms with Crippen molar-refractivity contribution in [2.24, 2.45) is 5.92 Å². The van der Waals surface area contributed by atoms with Crippen LogP contribution in [0.25, 0.3) is 11.1 Å². The lowest BCUT2D eigenvalue weighted by Crippen LogP contribution is -2.46. The molecule has 2 aliphatic rings. The Balaban J connectivity index is 1.30. The van der Waals surface area contributed by atoms with E-state index in [1.54, 1.807) is 14.0 Å². The summed E-state index contributed by atoms with van der Waals surface area (Å²) < 4.78 is 10.8. The van der Waals surface area contributed by atoms with Gasteiger partial charge in [-0.25, -0.2) is 4.79 Å². The number of carbonyl (C=O) groups is 3. The Morgan fingerprint density at radius 2 is 1.70 bits per heavy atom. The Labute approximate surface area is 192 Å². The van der Waals surface area contributed by atoms with Gasteiger partial charge in [0.05, 0.1) is 19.3 Å². The van der Waals surface area contributed by atoms with E-state index < -0.39 is 30.1 Å². The number of hydrogen-bond acceptors (Lipinski definition) is 5. The Bertz CT molecular complexity index is 1010. The highest BCUT2D eigenvalue weighted by molar-refractivity contribution is 5.80. The van der Waals surface area contributed by atoms with Gasteiger partial charge in [-0.2, -0.15) is 0 Å². The zero-order valence-corrected chi connectivity index (χ0v) is 18.7. The predicted molar refractivity (Wildman–Crippen MR) is 121 cm³/mol. The van der Waals surface area contributed by atoms with E-state index in [1.807, 2.05) is 24.3 Å². The maximum absolute atomic E-state index is 12.6. The number of nitrogens with one attached hydrogen (secondary N) is 1. The molecule has 8 nitrogen and oxygen atoms in total. The van der Waals surface area contributed by atoms with Gasteiger partial charge in [0.1, 0.15) is 12.5 Å². The molecule has 1 fully saturated rings. The fourth-order valence-electron chi connectivity index (χ4n) is 4.64. The van der Waals surface area contributed by atoms with Crippen LogP contribution in [0.5, 0.6) is 0 Å². The number of nitrogens with zero attached hydrogens (tertiary/aromatic N) is 1. The zero-order chi connectivity index (χ0) is 23.5. The molecule has 8 heteroatoms. The minimum absolute atomic E-state index is 0.0313. The molecule has 2 unspecified atom stereocenters. The molecule has 1 heterocycles. The molecular weight excluding hydrogens is 424 g/mol. The van der Waals surface area contributed by atoms with E-state index in [2.05, 4.69) is 29.6 Å². The number of aliphatic carboxylic acids is 1. The van der Waals surface area contributed by atoms with Crippen LogP contribution in [0, 0.1) is 5.92 Å². The summed E-state index contributed by atoms with van der Waals surface area (Å²) in [6.07, 6.45) is -0.559. The van der Waals surface area contributed by atoms with Crippen molar-refractivity contribution < 1.29 is 29.0 Å². The van der Waals surface area contributed by atoms with E-state index in [0.717, 1.165) is 22.3 Å². The second-order valence-electron chi connectivity index (χ2n) is 8.63. The number of carboxylic acid groups (broad SMARTS) is 1. The molecule has 2 N–H and O–H groups in total. The van der Waals surface area contributed by atoms with Crippen molar-refractivity contribution in [3.05, 3.63) is 59.7 Å². The van der Waals surface area contributed by atoms with Crippen molar-refractivity contribution in [2.75, 3.05) is 26.9 Å². The molecule has 0 spiro atoms. The third-order valence-electron chi connectivity index (χ3n) is 6.45. The van der Waals surface area contributed by atoms with E-state index >= 15 is 0 Å². The molecule has 1 aliphatic carbocycles. The van der Waals surface area contributed by atoms with Crippen molar-refractivity contribution in [3.8, 4) is 11.1 Å². The van der Waals surface area contributed by atoms with Gasteiger partial charge in [0.2, 0.25) is 5.91 Å². The number of benzene rings is 2. The van der Waals surface area contributed by atoms with Gasteiger partial charge in [-0.05, 0) is 29.2 Å². The molecular formula is C25H28N2O6. The number of ether oxygens (including phenoxy) is 2. The van der Waals surface area contributed by atoms with Crippen LogP contribution < -0.4 is 5.32 Å². The summed E-state index contributed by atoms with van der Waals surface area (Å²) in [4.78, 5) is 37.8. The highest BCUT2D eigenvalue weighted by atomic mass is 16.5. The Kier molecular flexibility index (Phi) is 6.65. The van der Waals surface area contributed by atoms with Gasteiger partial charge in [0, 0.05) is 25.4 Å². The first-order chi connectivity index (χ1) is 15.9. The fraction of sp³-hybridized carbons (Fsp3) is 0.400. The maximum Gasteiger partial charge on any atom is 0.407 e. The molecule has 4 rings (SSSR count). The summed E-state index contributed by atoms with van der Waals surface area (Å²) in [6.45, 7) is 2.19. The first-order valence-electron chi connectivity index (χ1n) is 11.0. The molecule has 1 saturated heterocycles. The number of carbonyl (C=O) groups excluding carboxylic acids is 2. The molecule has 2 aromatic rings. The first kappa shape index (κ1) is 22.8. The topological polar surface area (TPSA) is 105 Å². The number of carboxylic acids is 1. The molecule has 0 saturated carbocycles. The Hall–Kier alpha value is -3.39. The van der Waals surface area contributed by atoms with Crippen molar-refractivity contribution in [1.82, 2.24) is 10.2 Å². The molecule has 2 aromatic carbocycles. The lowest BCUT2D eigenvalue weighted by molar-refractivity contribution is -0.144. The van der Waals surface area contributed by atoms with Crippen LogP contribution in [-0.2, 0) is 19.1 Å². The Morgan fingerprint density at radius 3 is 2.30 bits per heavy atom. The molecule has 0 bridgehead atoms. The van der Waals surface area contributed by atoms with Crippen LogP contribution in [0.3, 0.4) is 0 Å². The normalized spacial score (nSPS) is 19.9.